The molecule has 0 radical (unpaired) electrons. The van der Waals surface area contributed by atoms with Crippen LogP contribution in [0.1, 0.15) is 62.1 Å². The maximum atomic E-state index is 11.4. The summed E-state index contributed by atoms with van der Waals surface area (Å²) < 4.78 is 0. The normalized spacial score (nSPS) is 21.0. The Morgan fingerprint density at radius 1 is 1.04 bits per heavy atom. The van der Waals surface area contributed by atoms with Crippen molar-refractivity contribution >= 4 is 6.29 Å². The molecule has 150 valence electrons. The summed E-state index contributed by atoms with van der Waals surface area (Å²) in [6, 6.07) is 19.5. The van der Waals surface area contributed by atoms with E-state index in [0.29, 0.717) is 18.3 Å². The zero-order valence-electron chi connectivity index (χ0n) is 17.5. The Balaban J connectivity index is 1.50. The number of hydrogen-bond donors (Lipinski definition) is 1. The standard InChI is InChI=1S/C26H35NO/c1-21(2)26(20-23-13-6-7-14-24(23)25(26)15-19-28)16-9-18-27-17-8-12-22-10-4-3-5-11-22/h3-7,10-11,13-14,19,21,25,27H,8-9,12,15-18,20H2,1-2H3. The zero-order valence-corrected chi connectivity index (χ0v) is 17.5. The van der Waals surface area contributed by atoms with E-state index in [4.69, 9.17) is 0 Å². The van der Waals surface area contributed by atoms with Gasteiger partial charge in [-0.3, -0.25) is 0 Å². The van der Waals surface area contributed by atoms with Crippen LogP contribution >= 0.6 is 0 Å². The summed E-state index contributed by atoms with van der Waals surface area (Å²) in [5, 5.41) is 3.63. The van der Waals surface area contributed by atoms with E-state index < -0.39 is 0 Å². The summed E-state index contributed by atoms with van der Waals surface area (Å²) in [4.78, 5) is 11.4. The number of carbonyl (C=O) groups is 1. The molecule has 2 atom stereocenters. The van der Waals surface area contributed by atoms with Crippen LogP contribution in [0, 0.1) is 11.3 Å². The van der Waals surface area contributed by atoms with E-state index in [2.05, 4.69) is 73.8 Å². The zero-order chi connectivity index (χ0) is 19.8. The van der Waals surface area contributed by atoms with Crippen molar-refractivity contribution < 1.29 is 4.79 Å². The van der Waals surface area contributed by atoms with Crippen molar-refractivity contribution in [1.82, 2.24) is 5.32 Å². The molecule has 2 unspecified atom stereocenters. The van der Waals surface area contributed by atoms with Gasteiger partial charge in [0.1, 0.15) is 6.29 Å². The molecular formula is C26H35NO. The highest BCUT2D eigenvalue weighted by Gasteiger charge is 2.46. The minimum absolute atomic E-state index is 0.219. The molecule has 1 aliphatic carbocycles. The van der Waals surface area contributed by atoms with Crippen LogP contribution in [0.15, 0.2) is 54.6 Å². The number of fused-ring (bicyclic) bond motifs is 1. The van der Waals surface area contributed by atoms with Crippen molar-refractivity contribution in [2.75, 3.05) is 13.1 Å². The molecule has 0 fully saturated rings. The van der Waals surface area contributed by atoms with E-state index in [1.165, 1.54) is 36.0 Å². The Labute approximate surface area is 170 Å². The molecule has 2 aromatic carbocycles. The smallest absolute Gasteiger partial charge is 0.120 e. The fraction of sp³-hybridized carbons (Fsp3) is 0.500. The Kier molecular flexibility index (Phi) is 7.44. The maximum Gasteiger partial charge on any atom is 0.120 e. The molecule has 2 nitrogen and oxygen atoms in total. The van der Waals surface area contributed by atoms with Crippen LogP contribution in [0.25, 0.3) is 0 Å². The second-order valence-corrected chi connectivity index (χ2v) is 8.66. The van der Waals surface area contributed by atoms with E-state index in [9.17, 15) is 4.79 Å². The summed E-state index contributed by atoms with van der Waals surface area (Å²) in [5.74, 6) is 0.946. The third-order valence-corrected chi connectivity index (χ3v) is 6.78. The summed E-state index contributed by atoms with van der Waals surface area (Å²) >= 11 is 0. The lowest BCUT2D eigenvalue weighted by molar-refractivity contribution is -0.109. The van der Waals surface area contributed by atoms with Gasteiger partial charge >= 0.3 is 0 Å². The van der Waals surface area contributed by atoms with Gasteiger partial charge in [0.25, 0.3) is 0 Å². The Hall–Kier alpha value is -1.93. The van der Waals surface area contributed by atoms with Gasteiger partial charge in [0.15, 0.2) is 0 Å². The molecule has 0 spiro atoms. The predicted molar refractivity (Wildman–Crippen MR) is 118 cm³/mol. The summed E-state index contributed by atoms with van der Waals surface area (Å²) in [7, 11) is 0. The number of aryl methyl sites for hydroxylation is 1. The summed E-state index contributed by atoms with van der Waals surface area (Å²) in [5.41, 5.74) is 4.51. The largest absolute Gasteiger partial charge is 0.317 e. The van der Waals surface area contributed by atoms with Crippen molar-refractivity contribution in [2.24, 2.45) is 11.3 Å². The maximum absolute atomic E-state index is 11.4. The lowest BCUT2D eigenvalue weighted by Gasteiger charge is -2.39. The predicted octanol–water partition coefficient (Wildman–Crippen LogP) is 5.56. The van der Waals surface area contributed by atoms with Crippen LogP contribution in [0.2, 0.25) is 0 Å². The molecule has 3 rings (SSSR count). The quantitative estimate of drug-likeness (QED) is 0.410. The van der Waals surface area contributed by atoms with Crippen LogP contribution in [0.4, 0.5) is 0 Å². The monoisotopic (exact) mass is 377 g/mol. The number of hydrogen-bond acceptors (Lipinski definition) is 2. The van der Waals surface area contributed by atoms with E-state index in [0.717, 1.165) is 32.2 Å². The minimum atomic E-state index is 0.219. The molecule has 0 saturated heterocycles. The van der Waals surface area contributed by atoms with Gasteiger partial charge < -0.3 is 10.1 Å². The van der Waals surface area contributed by atoms with Crippen LogP contribution in [-0.2, 0) is 17.6 Å². The van der Waals surface area contributed by atoms with E-state index in [1.807, 2.05) is 0 Å². The highest BCUT2D eigenvalue weighted by Crippen LogP contribution is 2.55. The number of benzene rings is 2. The molecule has 1 N–H and O–H groups in total. The first-order chi connectivity index (χ1) is 13.7. The summed E-state index contributed by atoms with van der Waals surface area (Å²) in [6.07, 6.45) is 7.58. The minimum Gasteiger partial charge on any atom is -0.317 e. The molecular weight excluding hydrogens is 342 g/mol. The first-order valence-corrected chi connectivity index (χ1v) is 10.9. The average molecular weight is 378 g/mol. The average Bonchev–Trinajstić information content (AvgIpc) is 3.03. The van der Waals surface area contributed by atoms with Gasteiger partial charge in [0.2, 0.25) is 0 Å². The van der Waals surface area contributed by atoms with Crippen molar-refractivity contribution in [3.8, 4) is 0 Å². The molecule has 0 bridgehead atoms. The van der Waals surface area contributed by atoms with Gasteiger partial charge in [-0.1, -0.05) is 68.4 Å². The van der Waals surface area contributed by atoms with Crippen LogP contribution in [0.5, 0.6) is 0 Å². The van der Waals surface area contributed by atoms with Gasteiger partial charge in [0.05, 0.1) is 0 Å². The third kappa shape index (κ3) is 4.72. The number of rotatable bonds is 11. The Morgan fingerprint density at radius 3 is 2.50 bits per heavy atom. The second kappa shape index (κ2) is 10.0. The van der Waals surface area contributed by atoms with E-state index in [-0.39, 0.29) is 5.41 Å². The fourth-order valence-corrected chi connectivity index (χ4v) is 5.17. The van der Waals surface area contributed by atoms with Crippen molar-refractivity contribution in [1.29, 1.82) is 0 Å². The van der Waals surface area contributed by atoms with Crippen LogP contribution in [-0.4, -0.2) is 19.4 Å². The van der Waals surface area contributed by atoms with E-state index >= 15 is 0 Å². The highest BCUT2D eigenvalue weighted by molar-refractivity contribution is 5.54. The number of nitrogens with one attached hydrogen (secondary N) is 1. The highest BCUT2D eigenvalue weighted by atomic mass is 16.1. The van der Waals surface area contributed by atoms with Crippen molar-refractivity contribution in [2.45, 2.75) is 58.3 Å². The molecule has 2 aromatic rings. The Bertz CT molecular complexity index is 739. The first kappa shape index (κ1) is 20.8. The molecule has 0 aliphatic heterocycles. The SMILES string of the molecule is CC(C)C1(CCCNCCCc2ccccc2)Cc2ccccc2C1CC=O. The molecule has 0 aromatic heterocycles. The van der Waals surface area contributed by atoms with Gasteiger partial charge in [-0.05, 0) is 79.1 Å². The lowest BCUT2D eigenvalue weighted by atomic mass is 9.64. The molecule has 2 heteroatoms. The van der Waals surface area contributed by atoms with Gasteiger partial charge in [0, 0.05) is 6.42 Å². The van der Waals surface area contributed by atoms with Crippen LogP contribution < -0.4 is 5.32 Å². The lowest BCUT2D eigenvalue weighted by Crippen LogP contribution is -2.33. The molecule has 0 saturated carbocycles. The molecule has 0 amide bonds. The first-order valence-electron chi connectivity index (χ1n) is 10.9. The molecule has 1 aliphatic rings. The van der Waals surface area contributed by atoms with Crippen molar-refractivity contribution in [3.05, 3.63) is 71.3 Å². The van der Waals surface area contributed by atoms with Crippen LogP contribution in [0.3, 0.4) is 0 Å². The topological polar surface area (TPSA) is 29.1 Å². The number of aldehydes is 1. The number of carbonyl (C=O) groups excluding carboxylic acids is 1. The molecule has 0 heterocycles. The van der Waals surface area contributed by atoms with Gasteiger partial charge in [-0.2, -0.15) is 0 Å². The van der Waals surface area contributed by atoms with E-state index in [1.54, 1.807) is 0 Å². The Morgan fingerprint density at radius 2 is 1.75 bits per heavy atom. The fourth-order valence-electron chi connectivity index (χ4n) is 5.17. The second-order valence-electron chi connectivity index (χ2n) is 8.66. The van der Waals surface area contributed by atoms with Gasteiger partial charge in [-0.25, -0.2) is 0 Å². The summed E-state index contributed by atoms with van der Waals surface area (Å²) in [6.45, 7) is 6.82. The third-order valence-electron chi connectivity index (χ3n) is 6.78. The van der Waals surface area contributed by atoms with Gasteiger partial charge in [-0.15, -0.1) is 0 Å². The molecule has 28 heavy (non-hydrogen) atoms. The van der Waals surface area contributed by atoms with Crippen molar-refractivity contribution in [3.63, 3.8) is 0 Å².